The van der Waals surface area contributed by atoms with Crippen LogP contribution in [0.4, 0.5) is 5.69 Å². The lowest BCUT2D eigenvalue weighted by molar-refractivity contribution is -0.383. The molecule has 2 rings (SSSR count). The van der Waals surface area contributed by atoms with Crippen LogP contribution in [0.2, 0.25) is 0 Å². The normalized spacial score (nSPS) is 10.4. The Morgan fingerprint density at radius 1 is 1.24 bits per heavy atom. The van der Waals surface area contributed by atoms with Crippen molar-refractivity contribution >= 4 is 22.2 Å². The van der Waals surface area contributed by atoms with E-state index < -0.39 is 4.92 Å². The van der Waals surface area contributed by atoms with E-state index in [1.165, 1.54) is 37.3 Å². The fourth-order valence-electron chi connectivity index (χ4n) is 1.70. The molecule has 5 nitrogen and oxygen atoms in total. The highest BCUT2D eigenvalue weighted by molar-refractivity contribution is 6.02. The van der Waals surface area contributed by atoms with Gasteiger partial charge in [-0.1, -0.05) is 6.07 Å². The van der Waals surface area contributed by atoms with Gasteiger partial charge in [0, 0.05) is 17.0 Å². The van der Waals surface area contributed by atoms with Crippen molar-refractivity contribution in [2.45, 2.75) is 6.92 Å². The third-order valence-electron chi connectivity index (χ3n) is 2.57. The molecule has 0 spiro atoms. The number of ketones is 1. The number of nitro benzene ring substituents is 1. The second-order valence-corrected chi connectivity index (χ2v) is 3.68. The first-order chi connectivity index (χ1) is 8.00. The van der Waals surface area contributed by atoms with Crippen LogP contribution in [0.15, 0.2) is 30.3 Å². The maximum absolute atomic E-state index is 11.2. The van der Waals surface area contributed by atoms with Crippen molar-refractivity contribution in [2.24, 2.45) is 0 Å². The Kier molecular flexibility index (Phi) is 2.51. The fraction of sp³-hybridized carbons (Fsp3) is 0.0833. The monoisotopic (exact) mass is 231 g/mol. The van der Waals surface area contributed by atoms with Crippen molar-refractivity contribution in [3.63, 3.8) is 0 Å². The molecule has 0 aromatic heterocycles. The number of hydrogen-bond acceptors (Lipinski definition) is 4. The number of hydrogen-bond donors (Lipinski definition) is 1. The molecule has 0 heterocycles. The first kappa shape index (κ1) is 11.1. The maximum Gasteiger partial charge on any atom is 0.277 e. The molecule has 0 aliphatic carbocycles. The molecule has 0 aliphatic heterocycles. The molecule has 86 valence electrons. The number of benzene rings is 2. The predicted octanol–water partition coefficient (Wildman–Crippen LogP) is 2.66. The number of Topliss-reactive ketones (excluding diaryl/α,β-unsaturated/α-hetero) is 1. The molecule has 0 bridgehead atoms. The van der Waals surface area contributed by atoms with Gasteiger partial charge in [0.05, 0.1) is 10.3 Å². The second kappa shape index (κ2) is 3.86. The summed E-state index contributed by atoms with van der Waals surface area (Å²) in [4.78, 5) is 21.5. The molecular weight excluding hydrogens is 222 g/mol. The van der Waals surface area contributed by atoms with E-state index in [0.717, 1.165) is 0 Å². The minimum absolute atomic E-state index is 0.0410. The summed E-state index contributed by atoms with van der Waals surface area (Å²) in [6, 6.07) is 6.97. The van der Waals surface area contributed by atoms with Crippen LogP contribution in [-0.4, -0.2) is 15.8 Å². The summed E-state index contributed by atoms with van der Waals surface area (Å²) in [5.74, 6) is -0.217. The smallest absolute Gasteiger partial charge is 0.277 e. The van der Waals surface area contributed by atoms with Crippen molar-refractivity contribution in [1.29, 1.82) is 0 Å². The van der Waals surface area contributed by atoms with Crippen molar-refractivity contribution in [2.75, 3.05) is 0 Å². The number of nitro groups is 1. The van der Waals surface area contributed by atoms with E-state index in [4.69, 9.17) is 0 Å². The molecule has 0 aliphatic rings. The lowest BCUT2D eigenvalue weighted by Crippen LogP contribution is -1.94. The molecule has 1 N–H and O–H groups in total. The molecule has 0 saturated heterocycles. The van der Waals surface area contributed by atoms with E-state index in [1.54, 1.807) is 0 Å². The lowest BCUT2D eigenvalue weighted by Gasteiger charge is -2.03. The molecule has 0 amide bonds. The molecule has 0 radical (unpaired) electrons. The summed E-state index contributed by atoms with van der Waals surface area (Å²) in [6.45, 7) is 1.38. The van der Waals surface area contributed by atoms with Crippen molar-refractivity contribution in [1.82, 2.24) is 0 Å². The highest BCUT2D eigenvalue weighted by Crippen LogP contribution is 2.32. The number of non-ortho nitro benzene ring substituents is 1. The van der Waals surface area contributed by atoms with Crippen LogP contribution in [0.5, 0.6) is 5.75 Å². The molecular formula is C12H9NO4. The highest BCUT2D eigenvalue weighted by atomic mass is 16.6. The molecule has 0 atom stereocenters. The molecule has 5 heteroatoms. The number of nitrogens with zero attached hydrogens (tertiary/aromatic N) is 1. The van der Waals surface area contributed by atoms with Gasteiger partial charge in [0.2, 0.25) is 0 Å². The zero-order chi connectivity index (χ0) is 12.6. The molecule has 17 heavy (non-hydrogen) atoms. The van der Waals surface area contributed by atoms with Crippen LogP contribution >= 0.6 is 0 Å². The number of phenols is 1. The Morgan fingerprint density at radius 2 is 1.94 bits per heavy atom. The van der Waals surface area contributed by atoms with Crippen LogP contribution in [0.25, 0.3) is 10.8 Å². The van der Waals surface area contributed by atoms with Gasteiger partial charge in [0.15, 0.2) is 5.78 Å². The Balaban J connectivity index is 2.85. The summed E-state index contributed by atoms with van der Waals surface area (Å²) < 4.78 is 0. The van der Waals surface area contributed by atoms with Crippen LogP contribution in [0, 0.1) is 10.1 Å². The van der Waals surface area contributed by atoms with E-state index in [2.05, 4.69) is 0 Å². The molecule has 0 saturated carbocycles. The van der Waals surface area contributed by atoms with Crippen LogP contribution in [0.1, 0.15) is 17.3 Å². The summed E-state index contributed by atoms with van der Waals surface area (Å²) in [7, 11) is 0. The van der Waals surface area contributed by atoms with Gasteiger partial charge in [-0.05, 0) is 25.1 Å². The highest BCUT2D eigenvalue weighted by Gasteiger charge is 2.15. The Hall–Kier alpha value is -2.43. The number of carbonyl (C=O) groups is 1. The van der Waals surface area contributed by atoms with Gasteiger partial charge in [-0.15, -0.1) is 0 Å². The van der Waals surface area contributed by atoms with Crippen molar-refractivity contribution in [3.8, 4) is 5.75 Å². The third kappa shape index (κ3) is 1.82. The van der Waals surface area contributed by atoms with E-state index in [-0.39, 0.29) is 22.6 Å². The maximum atomic E-state index is 11.2. The summed E-state index contributed by atoms with van der Waals surface area (Å²) in [5, 5.41) is 21.1. The fourth-order valence-corrected chi connectivity index (χ4v) is 1.70. The number of phenolic OH excluding ortho intramolecular Hbond substituents is 1. The molecule has 0 fully saturated rings. The lowest BCUT2D eigenvalue weighted by atomic mass is 10.0. The Labute approximate surface area is 96.5 Å². The SMILES string of the molecule is CC(=O)c1ccc2c(O)ccc([N+](=O)[O-])c2c1. The first-order valence-corrected chi connectivity index (χ1v) is 4.92. The van der Waals surface area contributed by atoms with E-state index >= 15 is 0 Å². The first-order valence-electron chi connectivity index (χ1n) is 4.92. The van der Waals surface area contributed by atoms with Crippen molar-refractivity contribution in [3.05, 3.63) is 46.0 Å². The van der Waals surface area contributed by atoms with Gasteiger partial charge < -0.3 is 5.11 Å². The number of aromatic hydroxyl groups is 1. The topological polar surface area (TPSA) is 80.4 Å². The Bertz CT molecular complexity index is 634. The number of rotatable bonds is 2. The zero-order valence-electron chi connectivity index (χ0n) is 9.01. The molecule has 0 unspecified atom stereocenters. The van der Waals surface area contributed by atoms with E-state index in [0.29, 0.717) is 10.9 Å². The summed E-state index contributed by atoms with van der Waals surface area (Å²) >= 11 is 0. The number of carbonyl (C=O) groups excluding carboxylic acids is 1. The average molecular weight is 231 g/mol. The average Bonchev–Trinajstić information content (AvgIpc) is 2.28. The van der Waals surface area contributed by atoms with E-state index in [1.807, 2.05) is 0 Å². The third-order valence-corrected chi connectivity index (χ3v) is 2.57. The van der Waals surface area contributed by atoms with Crippen LogP contribution < -0.4 is 0 Å². The second-order valence-electron chi connectivity index (χ2n) is 3.68. The standard InChI is InChI=1S/C12H9NO4/c1-7(14)8-2-3-9-10(6-8)11(13(16)17)4-5-12(9)15/h2-6,15H,1H3. The Morgan fingerprint density at radius 3 is 2.53 bits per heavy atom. The van der Waals surface area contributed by atoms with Gasteiger partial charge in [0.1, 0.15) is 5.75 Å². The van der Waals surface area contributed by atoms with Crippen LogP contribution in [-0.2, 0) is 0 Å². The zero-order valence-corrected chi connectivity index (χ0v) is 9.01. The summed E-state index contributed by atoms with van der Waals surface area (Å²) in [6.07, 6.45) is 0. The van der Waals surface area contributed by atoms with Gasteiger partial charge >= 0.3 is 0 Å². The number of fused-ring (bicyclic) bond motifs is 1. The minimum Gasteiger partial charge on any atom is -0.507 e. The van der Waals surface area contributed by atoms with Gasteiger partial charge in [0.25, 0.3) is 5.69 Å². The van der Waals surface area contributed by atoms with E-state index in [9.17, 15) is 20.0 Å². The van der Waals surface area contributed by atoms with Gasteiger partial charge in [-0.25, -0.2) is 0 Å². The quantitative estimate of drug-likeness (QED) is 0.489. The van der Waals surface area contributed by atoms with Crippen molar-refractivity contribution < 1.29 is 14.8 Å². The van der Waals surface area contributed by atoms with Gasteiger partial charge in [-0.3, -0.25) is 14.9 Å². The van der Waals surface area contributed by atoms with Gasteiger partial charge in [-0.2, -0.15) is 0 Å². The predicted molar refractivity (Wildman–Crippen MR) is 62.3 cm³/mol. The molecule has 2 aromatic rings. The summed E-state index contributed by atoms with van der Waals surface area (Å²) in [5.41, 5.74) is 0.257. The van der Waals surface area contributed by atoms with Crippen LogP contribution in [0.3, 0.4) is 0 Å². The molecule has 2 aromatic carbocycles. The largest absolute Gasteiger partial charge is 0.507 e. The minimum atomic E-state index is -0.536.